The van der Waals surface area contributed by atoms with Crippen molar-refractivity contribution in [1.82, 2.24) is 9.88 Å². The number of aryl methyl sites for hydroxylation is 1. The Morgan fingerprint density at radius 3 is 2.60 bits per heavy atom. The highest BCUT2D eigenvalue weighted by molar-refractivity contribution is 6.31. The summed E-state index contributed by atoms with van der Waals surface area (Å²) < 4.78 is 38.8. The van der Waals surface area contributed by atoms with Gasteiger partial charge in [0.15, 0.2) is 0 Å². The number of halogens is 4. The SMILES string of the molecule is CCN(C)/C=N/c1cnc(Cc2ccc(Cl)c(C(F)(F)F)c2)cc1C. The van der Waals surface area contributed by atoms with Crippen LogP contribution in [0, 0.1) is 6.92 Å². The number of alkyl halides is 3. The summed E-state index contributed by atoms with van der Waals surface area (Å²) >= 11 is 5.65. The van der Waals surface area contributed by atoms with Crippen molar-refractivity contribution in [1.29, 1.82) is 0 Å². The van der Waals surface area contributed by atoms with E-state index in [0.717, 1.165) is 23.9 Å². The van der Waals surface area contributed by atoms with Crippen LogP contribution in [0.15, 0.2) is 35.5 Å². The zero-order valence-electron chi connectivity index (χ0n) is 14.2. The third kappa shape index (κ3) is 5.19. The van der Waals surface area contributed by atoms with E-state index < -0.39 is 11.7 Å². The molecule has 2 aromatic rings. The standard InChI is InChI=1S/C18H19ClF3N3/c1-4-25(3)11-24-17-10-23-14(7-12(17)2)8-13-5-6-16(19)15(9-13)18(20,21)22/h5-7,9-11H,4,8H2,1-3H3/b24-11+. The quantitative estimate of drug-likeness (QED) is 0.531. The van der Waals surface area contributed by atoms with Crippen LogP contribution < -0.4 is 0 Å². The lowest BCUT2D eigenvalue weighted by molar-refractivity contribution is -0.137. The van der Waals surface area contributed by atoms with Crippen molar-refractivity contribution in [3.63, 3.8) is 0 Å². The van der Waals surface area contributed by atoms with Gasteiger partial charge in [-0.25, -0.2) is 4.99 Å². The minimum atomic E-state index is -4.47. The molecule has 2 rings (SSSR count). The first-order chi connectivity index (χ1) is 11.7. The largest absolute Gasteiger partial charge is 0.417 e. The third-order valence-corrected chi connectivity index (χ3v) is 4.08. The number of nitrogens with zero attached hydrogens (tertiary/aromatic N) is 3. The molecule has 0 fully saturated rings. The van der Waals surface area contributed by atoms with Crippen LogP contribution in [0.3, 0.4) is 0 Å². The Labute approximate surface area is 150 Å². The first kappa shape index (κ1) is 19.2. The van der Waals surface area contributed by atoms with E-state index >= 15 is 0 Å². The number of benzene rings is 1. The van der Waals surface area contributed by atoms with Crippen molar-refractivity contribution in [3.05, 3.63) is 57.9 Å². The molecule has 0 saturated carbocycles. The minimum absolute atomic E-state index is 0.292. The number of aromatic nitrogens is 1. The van der Waals surface area contributed by atoms with Crippen molar-refractivity contribution < 1.29 is 13.2 Å². The second-order valence-corrected chi connectivity index (χ2v) is 6.18. The van der Waals surface area contributed by atoms with Crippen LogP contribution in [0.25, 0.3) is 0 Å². The van der Waals surface area contributed by atoms with Crippen LogP contribution >= 0.6 is 11.6 Å². The topological polar surface area (TPSA) is 28.5 Å². The molecule has 0 amide bonds. The lowest BCUT2D eigenvalue weighted by atomic mass is 10.0. The summed E-state index contributed by atoms with van der Waals surface area (Å²) in [5, 5.41) is -0.301. The van der Waals surface area contributed by atoms with Gasteiger partial charge in [0.05, 0.1) is 28.8 Å². The molecule has 0 aliphatic carbocycles. The van der Waals surface area contributed by atoms with Crippen LogP contribution in [0.2, 0.25) is 5.02 Å². The Kier molecular flexibility index (Phi) is 6.06. The molecule has 0 radical (unpaired) electrons. The van der Waals surface area contributed by atoms with Gasteiger partial charge in [0.25, 0.3) is 0 Å². The molecular formula is C18H19ClF3N3. The van der Waals surface area contributed by atoms with Gasteiger partial charge in [0, 0.05) is 25.7 Å². The predicted molar refractivity (Wildman–Crippen MR) is 94.7 cm³/mol. The van der Waals surface area contributed by atoms with Crippen molar-refractivity contribution in [2.75, 3.05) is 13.6 Å². The van der Waals surface area contributed by atoms with E-state index in [1.807, 2.05) is 31.9 Å². The average molecular weight is 370 g/mol. The number of hydrogen-bond acceptors (Lipinski definition) is 2. The Morgan fingerprint density at radius 2 is 2.00 bits per heavy atom. The maximum Gasteiger partial charge on any atom is 0.417 e. The van der Waals surface area contributed by atoms with Crippen molar-refractivity contribution in [2.45, 2.75) is 26.4 Å². The van der Waals surface area contributed by atoms with Crippen LogP contribution in [0.4, 0.5) is 18.9 Å². The van der Waals surface area contributed by atoms with Crippen molar-refractivity contribution in [3.8, 4) is 0 Å². The van der Waals surface area contributed by atoms with E-state index in [1.54, 1.807) is 18.6 Å². The van der Waals surface area contributed by atoms with Gasteiger partial charge in [0.1, 0.15) is 0 Å². The van der Waals surface area contributed by atoms with Gasteiger partial charge in [0.2, 0.25) is 0 Å². The second-order valence-electron chi connectivity index (χ2n) is 5.77. The summed E-state index contributed by atoms with van der Waals surface area (Å²) in [6, 6.07) is 5.75. The molecule has 1 aromatic heterocycles. The van der Waals surface area contributed by atoms with Crippen molar-refractivity contribution in [2.24, 2.45) is 4.99 Å². The molecule has 0 unspecified atom stereocenters. The molecule has 0 N–H and O–H groups in total. The number of pyridine rings is 1. The molecular weight excluding hydrogens is 351 g/mol. The Morgan fingerprint density at radius 1 is 1.28 bits per heavy atom. The van der Waals surface area contributed by atoms with Gasteiger partial charge in [-0.2, -0.15) is 13.2 Å². The number of aliphatic imine (C=N–C) groups is 1. The maximum atomic E-state index is 12.9. The Hall–Kier alpha value is -2.08. The monoisotopic (exact) mass is 369 g/mol. The van der Waals surface area contributed by atoms with Crippen LogP contribution in [0.1, 0.15) is 29.3 Å². The molecule has 3 nitrogen and oxygen atoms in total. The molecule has 0 aliphatic heterocycles. The molecule has 0 atom stereocenters. The fourth-order valence-electron chi connectivity index (χ4n) is 2.19. The average Bonchev–Trinajstić information content (AvgIpc) is 2.54. The van der Waals surface area contributed by atoms with Gasteiger partial charge in [-0.1, -0.05) is 17.7 Å². The van der Waals surface area contributed by atoms with E-state index in [0.29, 0.717) is 17.7 Å². The summed E-state index contributed by atoms with van der Waals surface area (Å²) in [7, 11) is 1.92. The van der Waals surface area contributed by atoms with Gasteiger partial charge in [-0.05, 0) is 43.2 Å². The summed E-state index contributed by atoms with van der Waals surface area (Å²) in [4.78, 5) is 10.6. The highest BCUT2D eigenvalue weighted by Crippen LogP contribution is 2.35. The third-order valence-electron chi connectivity index (χ3n) is 3.75. The zero-order valence-corrected chi connectivity index (χ0v) is 15.0. The fourth-order valence-corrected chi connectivity index (χ4v) is 2.41. The van der Waals surface area contributed by atoms with E-state index in [9.17, 15) is 13.2 Å². The fraction of sp³-hybridized carbons (Fsp3) is 0.333. The Balaban J connectivity index is 2.22. The zero-order chi connectivity index (χ0) is 18.6. The lowest BCUT2D eigenvalue weighted by Gasteiger charge is -2.11. The normalized spacial score (nSPS) is 12.0. The molecule has 25 heavy (non-hydrogen) atoms. The first-order valence-corrected chi connectivity index (χ1v) is 8.14. The summed E-state index contributed by atoms with van der Waals surface area (Å²) in [5.74, 6) is 0. The Bertz CT molecular complexity index is 773. The maximum absolute atomic E-state index is 12.9. The van der Waals surface area contributed by atoms with E-state index in [-0.39, 0.29) is 5.02 Å². The second kappa shape index (κ2) is 7.87. The molecule has 1 heterocycles. The van der Waals surface area contributed by atoms with Gasteiger partial charge in [-0.15, -0.1) is 0 Å². The molecule has 134 valence electrons. The van der Waals surface area contributed by atoms with E-state index in [1.165, 1.54) is 6.07 Å². The smallest absolute Gasteiger partial charge is 0.366 e. The summed E-state index contributed by atoms with van der Waals surface area (Å²) in [5.41, 5.74) is 2.00. The van der Waals surface area contributed by atoms with Crippen molar-refractivity contribution >= 4 is 23.6 Å². The highest BCUT2D eigenvalue weighted by atomic mass is 35.5. The highest BCUT2D eigenvalue weighted by Gasteiger charge is 2.33. The summed E-state index contributed by atoms with van der Waals surface area (Å²) in [6.07, 6.45) is -0.829. The van der Waals surface area contributed by atoms with E-state index in [4.69, 9.17) is 11.6 Å². The predicted octanol–water partition coefficient (Wildman–Crippen LogP) is 5.26. The van der Waals surface area contributed by atoms with Crippen LogP contribution in [-0.4, -0.2) is 29.8 Å². The number of hydrogen-bond donors (Lipinski definition) is 0. The lowest BCUT2D eigenvalue weighted by Crippen LogP contribution is -2.14. The molecule has 0 spiro atoms. The number of rotatable bonds is 5. The van der Waals surface area contributed by atoms with Gasteiger partial charge < -0.3 is 4.90 Å². The van der Waals surface area contributed by atoms with E-state index in [2.05, 4.69) is 9.98 Å². The molecule has 0 bridgehead atoms. The van der Waals surface area contributed by atoms with Crippen LogP contribution in [0.5, 0.6) is 0 Å². The first-order valence-electron chi connectivity index (χ1n) is 7.76. The molecule has 7 heteroatoms. The molecule has 1 aromatic carbocycles. The summed E-state index contributed by atoms with van der Waals surface area (Å²) in [6.45, 7) is 4.75. The van der Waals surface area contributed by atoms with Crippen LogP contribution in [-0.2, 0) is 12.6 Å². The van der Waals surface area contributed by atoms with Gasteiger partial charge >= 0.3 is 6.18 Å². The van der Waals surface area contributed by atoms with Gasteiger partial charge in [-0.3, -0.25) is 4.98 Å². The molecule has 0 aliphatic rings. The molecule has 0 saturated heterocycles. The minimum Gasteiger partial charge on any atom is -0.366 e.